The highest BCUT2D eigenvalue weighted by atomic mass is 35.5. The normalized spacial score (nSPS) is 17.6. The van der Waals surface area contributed by atoms with Gasteiger partial charge in [-0.3, -0.25) is 4.79 Å². The summed E-state index contributed by atoms with van der Waals surface area (Å²) in [6.07, 6.45) is 1.65. The van der Waals surface area contributed by atoms with Crippen molar-refractivity contribution in [2.24, 2.45) is 5.92 Å². The van der Waals surface area contributed by atoms with Gasteiger partial charge in [-0.25, -0.2) is 4.79 Å². The Balaban J connectivity index is 0.00000256. The summed E-state index contributed by atoms with van der Waals surface area (Å²) in [5.74, 6) is -0.139. The first-order chi connectivity index (χ1) is 14.1. The highest BCUT2D eigenvalue weighted by Gasteiger charge is 2.28. The molecule has 0 radical (unpaired) electrons. The fourth-order valence-corrected chi connectivity index (χ4v) is 4.09. The predicted molar refractivity (Wildman–Crippen MR) is 121 cm³/mol. The monoisotopic (exact) mass is 428 g/mol. The van der Waals surface area contributed by atoms with Crippen molar-refractivity contribution in [3.63, 3.8) is 0 Å². The van der Waals surface area contributed by atoms with Crippen LogP contribution in [0.4, 0.5) is 10.5 Å². The molecule has 0 aromatic heterocycles. The second-order valence-electron chi connectivity index (χ2n) is 8.01. The maximum Gasteiger partial charge on any atom is 0.321 e. The third kappa shape index (κ3) is 5.32. The molecule has 1 atom stereocenters. The first kappa shape index (κ1) is 22.1. The fourth-order valence-electron chi connectivity index (χ4n) is 4.09. The molecule has 1 unspecified atom stereocenters. The van der Waals surface area contributed by atoms with Crippen LogP contribution >= 0.6 is 12.4 Å². The molecular formula is C23H29ClN4O2. The third-order valence-electron chi connectivity index (χ3n) is 5.72. The van der Waals surface area contributed by atoms with Crippen LogP contribution in [0.3, 0.4) is 0 Å². The predicted octanol–water partition coefficient (Wildman–Crippen LogP) is 3.58. The summed E-state index contributed by atoms with van der Waals surface area (Å²) in [5, 5.41) is 9.34. The molecule has 3 N–H and O–H groups in total. The largest absolute Gasteiger partial charge is 0.352 e. The van der Waals surface area contributed by atoms with Crippen LogP contribution in [0.25, 0.3) is 0 Å². The SMILES string of the molecule is Cc1cccc(NC(=O)N2CCCC(C(=O)NCc3ccc4c(c3)CNC4)C2)c1.Cl. The zero-order valence-electron chi connectivity index (χ0n) is 17.2. The number of hydrogen-bond donors (Lipinski definition) is 3. The summed E-state index contributed by atoms with van der Waals surface area (Å²) in [5.41, 5.74) is 5.65. The van der Waals surface area contributed by atoms with Gasteiger partial charge in [-0.1, -0.05) is 30.3 Å². The molecule has 0 spiro atoms. The molecular weight excluding hydrogens is 400 g/mol. The average molecular weight is 429 g/mol. The highest BCUT2D eigenvalue weighted by Crippen LogP contribution is 2.20. The number of likely N-dealkylation sites (tertiary alicyclic amines) is 1. The molecule has 7 heteroatoms. The van der Waals surface area contributed by atoms with E-state index in [1.54, 1.807) is 4.90 Å². The van der Waals surface area contributed by atoms with Gasteiger partial charge in [0.05, 0.1) is 5.92 Å². The molecule has 1 fully saturated rings. The van der Waals surface area contributed by atoms with Gasteiger partial charge in [0.2, 0.25) is 5.91 Å². The summed E-state index contributed by atoms with van der Waals surface area (Å²) in [6, 6.07) is 14.0. The highest BCUT2D eigenvalue weighted by molar-refractivity contribution is 5.90. The fraction of sp³-hybridized carbons (Fsp3) is 0.391. The van der Waals surface area contributed by atoms with E-state index in [4.69, 9.17) is 0 Å². The van der Waals surface area contributed by atoms with E-state index >= 15 is 0 Å². The second kappa shape index (κ2) is 9.96. The van der Waals surface area contributed by atoms with Crippen molar-refractivity contribution in [3.8, 4) is 0 Å². The molecule has 2 aromatic carbocycles. The van der Waals surface area contributed by atoms with Crippen LogP contribution in [0.2, 0.25) is 0 Å². The maximum atomic E-state index is 12.7. The summed E-state index contributed by atoms with van der Waals surface area (Å²) in [7, 11) is 0. The first-order valence-electron chi connectivity index (χ1n) is 10.3. The summed E-state index contributed by atoms with van der Waals surface area (Å²) in [4.78, 5) is 27.1. The quantitative estimate of drug-likeness (QED) is 0.696. The smallest absolute Gasteiger partial charge is 0.321 e. The molecule has 6 nitrogen and oxygen atoms in total. The van der Waals surface area contributed by atoms with Gasteiger partial charge >= 0.3 is 6.03 Å². The Kier molecular flexibility index (Phi) is 7.34. The lowest BCUT2D eigenvalue weighted by atomic mass is 9.97. The lowest BCUT2D eigenvalue weighted by molar-refractivity contribution is -0.126. The minimum absolute atomic E-state index is 0. The van der Waals surface area contributed by atoms with Gasteiger partial charge in [0.25, 0.3) is 0 Å². The summed E-state index contributed by atoms with van der Waals surface area (Å²) >= 11 is 0. The standard InChI is InChI=1S/C23H28N4O2.ClH/c1-16-4-2-6-21(10-16)26-23(29)27-9-3-5-19(15-27)22(28)25-12-17-7-8-18-13-24-14-20(18)11-17;/h2,4,6-8,10-11,19,24H,3,5,9,12-15H2,1H3,(H,25,28)(H,26,29);1H. The molecule has 1 saturated heterocycles. The van der Waals surface area contributed by atoms with E-state index in [0.717, 1.165) is 42.7 Å². The number of carbonyl (C=O) groups is 2. The van der Waals surface area contributed by atoms with E-state index in [2.05, 4.69) is 34.1 Å². The lowest BCUT2D eigenvalue weighted by Gasteiger charge is -2.32. The summed E-state index contributed by atoms with van der Waals surface area (Å²) in [6.45, 7) is 5.47. The van der Waals surface area contributed by atoms with Crippen molar-refractivity contribution in [1.82, 2.24) is 15.5 Å². The van der Waals surface area contributed by atoms with E-state index in [1.807, 2.05) is 31.2 Å². The lowest BCUT2D eigenvalue weighted by Crippen LogP contribution is -2.46. The minimum atomic E-state index is -0.164. The van der Waals surface area contributed by atoms with Crippen LogP contribution in [-0.2, 0) is 24.4 Å². The van der Waals surface area contributed by atoms with Crippen LogP contribution in [0.5, 0.6) is 0 Å². The number of carbonyl (C=O) groups excluding carboxylic acids is 2. The zero-order valence-corrected chi connectivity index (χ0v) is 18.1. The van der Waals surface area contributed by atoms with Gasteiger partial charge in [0.1, 0.15) is 0 Å². The van der Waals surface area contributed by atoms with E-state index in [-0.39, 0.29) is 30.3 Å². The number of halogens is 1. The van der Waals surface area contributed by atoms with Gasteiger partial charge in [-0.05, 0) is 54.2 Å². The zero-order chi connectivity index (χ0) is 20.2. The molecule has 30 heavy (non-hydrogen) atoms. The molecule has 2 aliphatic heterocycles. The van der Waals surface area contributed by atoms with Crippen molar-refractivity contribution < 1.29 is 9.59 Å². The molecule has 2 heterocycles. The van der Waals surface area contributed by atoms with Crippen LogP contribution in [0.15, 0.2) is 42.5 Å². The van der Waals surface area contributed by atoms with E-state index in [1.165, 1.54) is 11.1 Å². The number of fused-ring (bicyclic) bond motifs is 1. The Morgan fingerprint density at radius 1 is 1.13 bits per heavy atom. The van der Waals surface area contributed by atoms with Crippen molar-refractivity contribution in [3.05, 3.63) is 64.7 Å². The van der Waals surface area contributed by atoms with Gasteiger partial charge in [-0.15, -0.1) is 12.4 Å². The van der Waals surface area contributed by atoms with E-state index in [0.29, 0.717) is 19.6 Å². The van der Waals surface area contributed by atoms with Crippen LogP contribution in [0, 0.1) is 12.8 Å². The van der Waals surface area contributed by atoms with E-state index < -0.39 is 0 Å². The Morgan fingerprint density at radius 3 is 2.80 bits per heavy atom. The third-order valence-corrected chi connectivity index (χ3v) is 5.72. The number of hydrogen-bond acceptors (Lipinski definition) is 3. The Hall–Kier alpha value is -2.57. The van der Waals surface area contributed by atoms with Crippen LogP contribution in [-0.4, -0.2) is 29.9 Å². The molecule has 2 aliphatic rings. The number of anilines is 1. The maximum absolute atomic E-state index is 12.7. The topological polar surface area (TPSA) is 73.5 Å². The molecule has 0 saturated carbocycles. The van der Waals surface area contributed by atoms with Crippen LogP contribution in [0.1, 0.15) is 35.1 Å². The van der Waals surface area contributed by atoms with Crippen molar-refractivity contribution in [2.45, 2.75) is 39.4 Å². The Labute approximate surface area is 183 Å². The number of rotatable bonds is 4. The van der Waals surface area contributed by atoms with Gasteiger partial charge in [-0.2, -0.15) is 0 Å². The second-order valence-corrected chi connectivity index (χ2v) is 8.01. The van der Waals surface area contributed by atoms with Gasteiger partial charge < -0.3 is 20.9 Å². The first-order valence-corrected chi connectivity index (χ1v) is 10.3. The average Bonchev–Trinajstić information content (AvgIpc) is 3.20. The van der Waals surface area contributed by atoms with Crippen LogP contribution < -0.4 is 16.0 Å². The molecule has 160 valence electrons. The minimum Gasteiger partial charge on any atom is -0.352 e. The Morgan fingerprint density at radius 2 is 1.97 bits per heavy atom. The summed E-state index contributed by atoms with van der Waals surface area (Å²) < 4.78 is 0. The number of aryl methyl sites for hydroxylation is 1. The number of nitrogens with one attached hydrogen (secondary N) is 3. The molecule has 3 amide bonds. The number of benzene rings is 2. The number of piperidine rings is 1. The van der Waals surface area contributed by atoms with Crippen molar-refractivity contribution in [2.75, 3.05) is 18.4 Å². The molecule has 0 bridgehead atoms. The van der Waals surface area contributed by atoms with Crippen molar-refractivity contribution in [1.29, 1.82) is 0 Å². The number of amides is 3. The van der Waals surface area contributed by atoms with E-state index in [9.17, 15) is 9.59 Å². The number of nitrogens with zero attached hydrogens (tertiary/aromatic N) is 1. The number of urea groups is 1. The Bertz CT molecular complexity index is 918. The van der Waals surface area contributed by atoms with Crippen molar-refractivity contribution >= 4 is 30.0 Å². The van der Waals surface area contributed by atoms with Gasteiger partial charge in [0, 0.05) is 38.4 Å². The molecule has 2 aromatic rings. The molecule has 4 rings (SSSR count). The van der Waals surface area contributed by atoms with Gasteiger partial charge in [0.15, 0.2) is 0 Å². The molecule has 0 aliphatic carbocycles.